The van der Waals surface area contributed by atoms with Crippen LogP contribution in [0.1, 0.15) is 26.2 Å². The van der Waals surface area contributed by atoms with Crippen LogP contribution in [0.2, 0.25) is 0 Å². The van der Waals surface area contributed by atoms with Gasteiger partial charge in [-0.05, 0) is 18.1 Å². The Kier molecular flexibility index (Phi) is 9.28. The highest BCUT2D eigenvalue weighted by Gasteiger charge is 2.36. The fraction of sp³-hybridized carbons (Fsp3) is 0.615. The first-order chi connectivity index (χ1) is 9.69. The van der Waals surface area contributed by atoms with E-state index in [1.54, 1.807) is 0 Å². The van der Waals surface area contributed by atoms with Crippen LogP contribution in [0, 0.1) is 0 Å². The Morgan fingerprint density at radius 1 is 1.48 bits per heavy atom. The molecule has 2 unspecified atom stereocenters. The van der Waals surface area contributed by atoms with Gasteiger partial charge in [0.15, 0.2) is 0 Å². The van der Waals surface area contributed by atoms with Crippen molar-refractivity contribution < 1.29 is 32.2 Å². The Morgan fingerprint density at radius 2 is 2.10 bits per heavy atom. The number of alkyl halides is 5. The molecule has 21 heavy (non-hydrogen) atoms. The Bertz CT molecular complexity index is 378. The lowest BCUT2D eigenvalue weighted by molar-refractivity contribution is -0.340. The molecule has 0 fully saturated rings. The van der Waals surface area contributed by atoms with Crippen LogP contribution in [-0.2, 0) is 9.53 Å². The topological polar surface area (TPSA) is 46.5 Å². The zero-order valence-corrected chi connectivity index (χ0v) is 12.1. The molecule has 0 aromatic carbocycles. The zero-order chi connectivity index (χ0) is 16.5. The second-order valence-corrected chi connectivity index (χ2v) is 4.56. The van der Waals surface area contributed by atoms with E-state index in [9.17, 15) is 22.4 Å². The molecular formula is C13H17ClF4O3. The number of hydrogen-bond donors (Lipinski definition) is 1. The largest absolute Gasteiger partial charge is 0.523 e. The van der Waals surface area contributed by atoms with Crippen molar-refractivity contribution >= 4 is 17.6 Å². The molecule has 0 aromatic rings. The highest BCUT2D eigenvalue weighted by molar-refractivity contribution is 6.17. The van der Waals surface area contributed by atoms with Gasteiger partial charge in [0.25, 0.3) is 0 Å². The van der Waals surface area contributed by atoms with Crippen molar-refractivity contribution in [3.63, 3.8) is 0 Å². The van der Waals surface area contributed by atoms with E-state index in [4.69, 9.17) is 16.7 Å². The molecule has 122 valence electrons. The summed E-state index contributed by atoms with van der Waals surface area (Å²) in [7, 11) is 0. The van der Waals surface area contributed by atoms with Crippen LogP contribution in [0.4, 0.5) is 17.6 Å². The van der Waals surface area contributed by atoms with Crippen LogP contribution in [0.25, 0.3) is 0 Å². The number of aliphatic carboxylic acids is 1. The van der Waals surface area contributed by atoms with Gasteiger partial charge in [-0.3, -0.25) is 9.53 Å². The Balaban J connectivity index is 0.000000690. The molecular weight excluding hydrogens is 316 g/mol. The molecule has 1 aliphatic rings. The van der Waals surface area contributed by atoms with E-state index in [1.807, 2.05) is 0 Å². The number of hydrogen-bond acceptors (Lipinski definition) is 2. The number of carboxylic acids is 1. The molecule has 1 aliphatic carbocycles. The minimum absolute atomic E-state index is 0.113. The first-order valence-corrected chi connectivity index (χ1v) is 6.78. The molecule has 0 bridgehead atoms. The monoisotopic (exact) mass is 332 g/mol. The van der Waals surface area contributed by atoms with Crippen molar-refractivity contribution in [3.05, 3.63) is 23.8 Å². The van der Waals surface area contributed by atoms with Gasteiger partial charge in [0, 0.05) is 5.88 Å². The standard InChI is InChI=1S/C9H8F4O3.C4H9Cl/c10-6-3-5(4-8(14)15)1-2-7(6)16-9(11,12)13;1-2-3-4-5/h1-3,6-7H,4H2,(H,14,15);2-4H2,1H3. The van der Waals surface area contributed by atoms with Crippen molar-refractivity contribution in [2.75, 3.05) is 5.88 Å². The molecule has 2 atom stereocenters. The van der Waals surface area contributed by atoms with Crippen molar-refractivity contribution in [2.45, 2.75) is 44.8 Å². The van der Waals surface area contributed by atoms with Crippen molar-refractivity contribution in [3.8, 4) is 0 Å². The molecule has 0 heterocycles. The van der Waals surface area contributed by atoms with Gasteiger partial charge in [-0.2, -0.15) is 0 Å². The molecule has 1 rings (SSSR count). The van der Waals surface area contributed by atoms with Crippen LogP contribution in [0.5, 0.6) is 0 Å². The van der Waals surface area contributed by atoms with Gasteiger partial charge in [0.2, 0.25) is 0 Å². The fourth-order valence-electron chi connectivity index (χ4n) is 1.36. The third-order valence-electron chi connectivity index (χ3n) is 2.30. The lowest BCUT2D eigenvalue weighted by Crippen LogP contribution is -2.31. The normalized spacial score (nSPS) is 21.3. The van der Waals surface area contributed by atoms with Gasteiger partial charge in [-0.1, -0.05) is 25.5 Å². The summed E-state index contributed by atoms with van der Waals surface area (Å²) in [6.07, 6.45) is -3.96. The lowest BCUT2D eigenvalue weighted by atomic mass is 10.0. The van der Waals surface area contributed by atoms with Crippen LogP contribution in [-0.4, -0.2) is 35.6 Å². The minimum Gasteiger partial charge on any atom is -0.481 e. The smallest absolute Gasteiger partial charge is 0.481 e. The maximum Gasteiger partial charge on any atom is 0.523 e. The number of carboxylic acid groups (broad SMARTS) is 1. The average Bonchev–Trinajstić information content (AvgIpc) is 2.32. The second kappa shape index (κ2) is 9.78. The Morgan fingerprint density at radius 3 is 2.43 bits per heavy atom. The SMILES string of the molecule is CCCCCl.O=C(O)CC1=CC(F)C(OC(F)(F)F)C=C1. The summed E-state index contributed by atoms with van der Waals surface area (Å²) < 4.78 is 52.0. The molecule has 8 heteroatoms. The quantitative estimate of drug-likeness (QED) is 0.605. The number of ether oxygens (including phenoxy) is 1. The number of allylic oxidation sites excluding steroid dienone is 1. The number of halogens is 5. The van der Waals surface area contributed by atoms with Crippen molar-refractivity contribution in [2.24, 2.45) is 0 Å². The van der Waals surface area contributed by atoms with Crippen LogP contribution >= 0.6 is 11.6 Å². The highest BCUT2D eigenvalue weighted by Crippen LogP contribution is 2.26. The number of rotatable bonds is 5. The highest BCUT2D eigenvalue weighted by atomic mass is 35.5. The van der Waals surface area contributed by atoms with E-state index in [0.29, 0.717) is 0 Å². The van der Waals surface area contributed by atoms with Gasteiger partial charge in [0.1, 0.15) is 12.3 Å². The van der Waals surface area contributed by atoms with Crippen LogP contribution in [0.15, 0.2) is 23.8 Å². The Hall–Kier alpha value is -1.08. The third kappa shape index (κ3) is 10.3. The van der Waals surface area contributed by atoms with Crippen molar-refractivity contribution in [1.29, 1.82) is 0 Å². The van der Waals surface area contributed by atoms with Gasteiger partial charge < -0.3 is 5.11 Å². The van der Waals surface area contributed by atoms with E-state index in [0.717, 1.165) is 30.5 Å². The number of carbonyl (C=O) groups is 1. The van der Waals surface area contributed by atoms with E-state index in [1.165, 1.54) is 6.42 Å². The van der Waals surface area contributed by atoms with E-state index >= 15 is 0 Å². The molecule has 0 saturated carbocycles. The molecule has 0 aliphatic heterocycles. The molecule has 0 saturated heterocycles. The van der Waals surface area contributed by atoms with Gasteiger partial charge in [-0.25, -0.2) is 4.39 Å². The summed E-state index contributed by atoms with van der Waals surface area (Å²) in [4.78, 5) is 10.3. The fourth-order valence-corrected chi connectivity index (χ4v) is 1.63. The molecule has 3 nitrogen and oxygen atoms in total. The molecule has 0 amide bonds. The van der Waals surface area contributed by atoms with Gasteiger partial charge in [-0.15, -0.1) is 24.8 Å². The van der Waals surface area contributed by atoms with Crippen molar-refractivity contribution in [1.82, 2.24) is 0 Å². The summed E-state index contributed by atoms with van der Waals surface area (Å²) >= 11 is 5.30. The van der Waals surface area contributed by atoms with Gasteiger partial charge >= 0.3 is 12.3 Å². The van der Waals surface area contributed by atoms with Gasteiger partial charge in [0.05, 0.1) is 6.42 Å². The number of unbranched alkanes of at least 4 members (excludes halogenated alkanes) is 1. The predicted octanol–water partition coefficient (Wildman–Crippen LogP) is 4.23. The Labute approximate surface area is 125 Å². The maximum absolute atomic E-state index is 13.1. The summed E-state index contributed by atoms with van der Waals surface area (Å²) in [6.45, 7) is 2.13. The van der Waals surface area contributed by atoms with E-state index in [2.05, 4.69) is 11.7 Å². The molecule has 0 aromatic heterocycles. The first-order valence-electron chi connectivity index (χ1n) is 6.24. The molecule has 1 N–H and O–H groups in total. The zero-order valence-electron chi connectivity index (χ0n) is 11.4. The summed E-state index contributed by atoms with van der Waals surface area (Å²) in [5.41, 5.74) is 0.113. The summed E-state index contributed by atoms with van der Waals surface area (Å²) in [6, 6.07) is 0. The summed E-state index contributed by atoms with van der Waals surface area (Å²) in [5, 5.41) is 8.40. The molecule has 0 radical (unpaired) electrons. The minimum atomic E-state index is -4.92. The molecule has 0 spiro atoms. The second-order valence-electron chi connectivity index (χ2n) is 4.19. The van der Waals surface area contributed by atoms with E-state index in [-0.39, 0.29) is 5.57 Å². The average molecular weight is 333 g/mol. The lowest BCUT2D eigenvalue weighted by Gasteiger charge is -2.21. The van der Waals surface area contributed by atoms with Crippen LogP contribution < -0.4 is 0 Å². The summed E-state index contributed by atoms with van der Waals surface area (Å²) in [5.74, 6) is -0.366. The third-order valence-corrected chi connectivity index (χ3v) is 2.57. The van der Waals surface area contributed by atoms with Crippen LogP contribution in [0.3, 0.4) is 0 Å². The first kappa shape index (κ1) is 19.9. The van der Waals surface area contributed by atoms with E-state index < -0.39 is 31.0 Å². The predicted molar refractivity (Wildman–Crippen MR) is 70.9 cm³/mol. The maximum atomic E-state index is 13.1.